The first-order valence-corrected chi connectivity index (χ1v) is 21.1. The van der Waals surface area contributed by atoms with Crippen molar-refractivity contribution < 1.29 is 28.6 Å². The number of unbranched alkanes of at least 4 members (excludes halogenated alkanes) is 19. The van der Waals surface area contributed by atoms with Crippen molar-refractivity contribution in [2.24, 2.45) is 17.8 Å². The van der Waals surface area contributed by atoms with Crippen LogP contribution in [0.15, 0.2) is 0 Å². The Kier molecular flexibility index (Phi) is 33.7. The first-order valence-electron chi connectivity index (χ1n) is 21.1. The summed E-state index contributed by atoms with van der Waals surface area (Å²) in [5.74, 6) is 1.48. The molecule has 0 N–H and O–H groups in total. The van der Waals surface area contributed by atoms with Crippen molar-refractivity contribution in [2.75, 3.05) is 13.2 Å². The number of esters is 3. The first-order chi connectivity index (χ1) is 23.6. The van der Waals surface area contributed by atoms with Gasteiger partial charge in [-0.2, -0.15) is 0 Å². The quantitative estimate of drug-likeness (QED) is 0.0369. The van der Waals surface area contributed by atoms with Crippen molar-refractivity contribution >= 4 is 17.9 Å². The minimum atomic E-state index is -0.761. The van der Waals surface area contributed by atoms with Crippen LogP contribution in [0.2, 0.25) is 0 Å². The van der Waals surface area contributed by atoms with Crippen molar-refractivity contribution in [1.29, 1.82) is 0 Å². The fourth-order valence-corrected chi connectivity index (χ4v) is 6.17. The van der Waals surface area contributed by atoms with Gasteiger partial charge < -0.3 is 14.2 Å². The molecule has 0 aliphatic rings. The molecule has 0 radical (unpaired) electrons. The van der Waals surface area contributed by atoms with Gasteiger partial charge >= 0.3 is 17.9 Å². The molecular weight excluding hydrogens is 612 g/mol. The summed E-state index contributed by atoms with van der Waals surface area (Å²) in [5.41, 5.74) is 0. The standard InChI is InChI=1S/C43H82O6/c1-37(2)29-23-17-11-7-8-14-20-26-32-41(44)47-35-40(49-43(46)34-28-22-16-10-13-19-25-31-39(5)6)36-48-42(45)33-27-21-15-9-12-18-24-30-38(3)4/h37-40H,7-36H2,1-6H3/t40-/m0/s1. The average molecular weight is 695 g/mol. The normalized spacial score (nSPS) is 12.2. The highest BCUT2D eigenvalue weighted by Crippen LogP contribution is 2.16. The van der Waals surface area contributed by atoms with Crippen LogP contribution in [0.25, 0.3) is 0 Å². The molecule has 0 saturated heterocycles. The van der Waals surface area contributed by atoms with E-state index in [1.807, 2.05) is 0 Å². The molecule has 290 valence electrons. The molecule has 0 saturated carbocycles. The SMILES string of the molecule is CC(C)CCCCCCCCCCC(=O)OC[C@@H](COC(=O)CCCCCCCCCC(C)C)OC(=O)CCCCCCCCCC(C)C. The Hall–Kier alpha value is -1.59. The zero-order valence-electron chi connectivity index (χ0n) is 33.5. The fraction of sp³-hybridized carbons (Fsp3) is 0.930. The Morgan fingerprint density at radius 2 is 0.592 bits per heavy atom. The Balaban J connectivity index is 4.36. The van der Waals surface area contributed by atoms with E-state index in [-0.39, 0.29) is 31.1 Å². The monoisotopic (exact) mass is 695 g/mol. The highest BCUT2D eigenvalue weighted by atomic mass is 16.6. The van der Waals surface area contributed by atoms with E-state index in [0.717, 1.165) is 75.5 Å². The molecule has 6 heteroatoms. The molecule has 0 amide bonds. The van der Waals surface area contributed by atoms with Crippen molar-refractivity contribution in [3.05, 3.63) is 0 Å². The number of carbonyl (C=O) groups excluding carboxylic acids is 3. The van der Waals surface area contributed by atoms with Gasteiger partial charge in [0, 0.05) is 19.3 Å². The van der Waals surface area contributed by atoms with E-state index in [1.165, 1.54) is 103 Å². The molecule has 6 nitrogen and oxygen atoms in total. The maximum absolute atomic E-state index is 12.6. The van der Waals surface area contributed by atoms with Crippen LogP contribution in [-0.2, 0) is 28.6 Å². The van der Waals surface area contributed by atoms with Gasteiger partial charge in [0.05, 0.1) is 0 Å². The van der Waals surface area contributed by atoms with Gasteiger partial charge in [0.1, 0.15) is 13.2 Å². The maximum Gasteiger partial charge on any atom is 0.306 e. The van der Waals surface area contributed by atoms with Crippen LogP contribution in [0, 0.1) is 17.8 Å². The number of ether oxygens (including phenoxy) is 3. The average Bonchev–Trinajstić information content (AvgIpc) is 3.04. The summed E-state index contributed by atoms with van der Waals surface area (Å²) in [6.07, 6.45) is 29.7. The number of carbonyl (C=O) groups is 3. The molecule has 0 aromatic rings. The smallest absolute Gasteiger partial charge is 0.306 e. The number of hydrogen-bond donors (Lipinski definition) is 0. The molecule has 0 fully saturated rings. The largest absolute Gasteiger partial charge is 0.462 e. The van der Waals surface area contributed by atoms with Crippen molar-refractivity contribution in [3.8, 4) is 0 Å². The molecule has 49 heavy (non-hydrogen) atoms. The highest BCUT2D eigenvalue weighted by Gasteiger charge is 2.19. The van der Waals surface area contributed by atoms with E-state index < -0.39 is 6.10 Å². The minimum absolute atomic E-state index is 0.0680. The molecule has 0 rings (SSSR count). The summed E-state index contributed by atoms with van der Waals surface area (Å²) < 4.78 is 16.6. The first kappa shape index (κ1) is 47.4. The summed E-state index contributed by atoms with van der Waals surface area (Å²) in [7, 11) is 0. The second-order valence-electron chi connectivity index (χ2n) is 16.1. The van der Waals surface area contributed by atoms with Crippen LogP contribution < -0.4 is 0 Å². The molecule has 1 atom stereocenters. The second-order valence-corrected chi connectivity index (χ2v) is 16.1. The third-order valence-electron chi connectivity index (χ3n) is 9.40. The molecule has 0 unspecified atom stereocenters. The molecule has 0 bridgehead atoms. The molecule has 0 heterocycles. The summed E-state index contributed by atoms with van der Waals surface area (Å²) >= 11 is 0. The summed E-state index contributed by atoms with van der Waals surface area (Å²) in [5, 5.41) is 0. The molecule has 0 aliphatic carbocycles. The van der Waals surface area contributed by atoms with E-state index in [1.54, 1.807) is 0 Å². The summed E-state index contributed by atoms with van der Waals surface area (Å²) in [6, 6.07) is 0. The topological polar surface area (TPSA) is 78.9 Å². The lowest BCUT2D eigenvalue weighted by atomic mass is 10.0. The van der Waals surface area contributed by atoms with Crippen molar-refractivity contribution in [1.82, 2.24) is 0 Å². The maximum atomic E-state index is 12.6. The summed E-state index contributed by atoms with van der Waals surface area (Å²) in [4.78, 5) is 37.5. The molecule has 0 spiro atoms. The van der Waals surface area contributed by atoms with Gasteiger partial charge in [0.25, 0.3) is 0 Å². The Morgan fingerprint density at radius 1 is 0.347 bits per heavy atom. The van der Waals surface area contributed by atoms with Gasteiger partial charge in [-0.05, 0) is 37.0 Å². The Bertz CT molecular complexity index is 761. The van der Waals surface area contributed by atoms with Crippen LogP contribution >= 0.6 is 0 Å². The molecular formula is C43H82O6. The van der Waals surface area contributed by atoms with Crippen molar-refractivity contribution in [3.63, 3.8) is 0 Å². The summed E-state index contributed by atoms with van der Waals surface area (Å²) in [6.45, 7) is 13.5. The molecule has 0 aromatic carbocycles. The lowest BCUT2D eigenvalue weighted by Gasteiger charge is -2.18. The van der Waals surface area contributed by atoms with Gasteiger partial charge in [-0.3, -0.25) is 14.4 Å². The highest BCUT2D eigenvalue weighted by molar-refractivity contribution is 5.71. The van der Waals surface area contributed by atoms with E-state index in [0.29, 0.717) is 19.3 Å². The van der Waals surface area contributed by atoms with E-state index >= 15 is 0 Å². The van der Waals surface area contributed by atoms with Crippen LogP contribution in [0.4, 0.5) is 0 Å². The van der Waals surface area contributed by atoms with Crippen LogP contribution in [0.3, 0.4) is 0 Å². The van der Waals surface area contributed by atoms with Gasteiger partial charge in [0.15, 0.2) is 6.10 Å². The fourth-order valence-electron chi connectivity index (χ4n) is 6.17. The van der Waals surface area contributed by atoms with Gasteiger partial charge in [-0.1, -0.05) is 183 Å². The Labute approximate surface area is 304 Å². The van der Waals surface area contributed by atoms with Gasteiger partial charge in [0.2, 0.25) is 0 Å². The van der Waals surface area contributed by atoms with Crippen LogP contribution in [0.1, 0.15) is 221 Å². The van der Waals surface area contributed by atoms with E-state index in [4.69, 9.17) is 14.2 Å². The number of rotatable bonds is 36. The molecule has 0 aliphatic heterocycles. The molecule has 0 aromatic heterocycles. The predicted molar refractivity (Wildman–Crippen MR) is 206 cm³/mol. The zero-order valence-corrected chi connectivity index (χ0v) is 33.5. The lowest BCUT2D eigenvalue weighted by molar-refractivity contribution is -0.167. The Morgan fingerprint density at radius 3 is 0.878 bits per heavy atom. The zero-order chi connectivity index (χ0) is 36.4. The van der Waals surface area contributed by atoms with Crippen LogP contribution in [-0.4, -0.2) is 37.2 Å². The van der Waals surface area contributed by atoms with Crippen LogP contribution in [0.5, 0.6) is 0 Å². The van der Waals surface area contributed by atoms with E-state index in [2.05, 4.69) is 41.5 Å². The third kappa shape index (κ3) is 37.5. The predicted octanol–water partition coefficient (Wildman–Crippen LogP) is 12.9. The van der Waals surface area contributed by atoms with E-state index in [9.17, 15) is 14.4 Å². The van der Waals surface area contributed by atoms with Crippen molar-refractivity contribution in [2.45, 2.75) is 227 Å². The number of hydrogen-bond acceptors (Lipinski definition) is 6. The van der Waals surface area contributed by atoms with Gasteiger partial charge in [-0.25, -0.2) is 0 Å². The third-order valence-corrected chi connectivity index (χ3v) is 9.40. The second kappa shape index (κ2) is 34.8. The van der Waals surface area contributed by atoms with Gasteiger partial charge in [-0.15, -0.1) is 0 Å². The minimum Gasteiger partial charge on any atom is -0.462 e. The lowest BCUT2D eigenvalue weighted by Crippen LogP contribution is -2.30.